The van der Waals surface area contributed by atoms with Crippen molar-refractivity contribution in [2.45, 2.75) is 6.54 Å². The maximum Gasteiger partial charge on any atom is 0.392 e. The van der Waals surface area contributed by atoms with E-state index in [1.807, 2.05) is 19.2 Å². The van der Waals surface area contributed by atoms with Gasteiger partial charge in [-0.05, 0) is 24.7 Å². The highest BCUT2D eigenvalue weighted by Crippen LogP contribution is 2.35. The van der Waals surface area contributed by atoms with Crippen LogP contribution in [0.5, 0.6) is 17.5 Å². The van der Waals surface area contributed by atoms with Gasteiger partial charge in [-0.25, -0.2) is 0 Å². The highest BCUT2D eigenvalue weighted by molar-refractivity contribution is 5.50. The summed E-state index contributed by atoms with van der Waals surface area (Å²) < 4.78 is 10.3. The van der Waals surface area contributed by atoms with Crippen molar-refractivity contribution in [1.82, 2.24) is 15.3 Å². The fourth-order valence-corrected chi connectivity index (χ4v) is 1.72. The summed E-state index contributed by atoms with van der Waals surface area (Å²) in [5.41, 5.74) is 0.666. The zero-order valence-corrected chi connectivity index (χ0v) is 11.6. The number of nitrogens with one attached hydrogen (secondary N) is 1. The van der Waals surface area contributed by atoms with Crippen LogP contribution in [-0.2, 0) is 6.54 Å². The number of methoxy groups -OCH3 is 1. The first-order valence-electron chi connectivity index (χ1n) is 6.10. The van der Waals surface area contributed by atoms with Crippen LogP contribution < -0.4 is 14.8 Å². The normalized spacial score (nSPS) is 10.2. The Bertz CT molecular complexity index is 631. The van der Waals surface area contributed by atoms with Crippen molar-refractivity contribution in [3.8, 4) is 17.5 Å². The molecule has 0 aliphatic rings. The van der Waals surface area contributed by atoms with E-state index in [0.29, 0.717) is 5.75 Å². The molecule has 0 spiro atoms. The molecule has 1 N–H and O–H groups in total. The van der Waals surface area contributed by atoms with Crippen molar-refractivity contribution in [1.29, 1.82) is 0 Å². The molecule has 1 heterocycles. The van der Waals surface area contributed by atoms with Crippen LogP contribution in [0.3, 0.4) is 0 Å². The van der Waals surface area contributed by atoms with Crippen molar-refractivity contribution >= 4 is 5.69 Å². The molecular weight excluding hydrogens is 276 g/mol. The number of aromatic nitrogens is 2. The molecule has 0 aliphatic heterocycles. The number of ether oxygens (including phenoxy) is 2. The fourth-order valence-electron chi connectivity index (χ4n) is 1.72. The molecule has 8 nitrogen and oxygen atoms in total. The third kappa shape index (κ3) is 3.42. The largest absolute Gasteiger partial charge is 0.476 e. The molecule has 0 atom stereocenters. The van der Waals surface area contributed by atoms with Gasteiger partial charge in [-0.15, -0.1) is 0 Å². The highest BCUT2D eigenvalue weighted by Gasteiger charge is 2.25. The summed E-state index contributed by atoms with van der Waals surface area (Å²) in [5, 5.41) is 14.1. The molecule has 110 valence electrons. The van der Waals surface area contributed by atoms with Crippen molar-refractivity contribution in [3.05, 3.63) is 46.3 Å². The number of hydrogen-bond acceptors (Lipinski definition) is 7. The predicted octanol–water partition coefficient (Wildman–Crippen LogP) is 1.91. The van der Waals surface area contributed by atoms with Gasteiger partial charge >= 0.3 is 17.4 Å². The van der Waals surface area contributed by atoms with Crippen LogP contribution >= 0.6 is 0 Å². The molecule has 0 saturated carbocycles. The van der Waals surface area contributed by atoms with Crippen molar-refractivity contribution in [3.63, 3.8) is 0 Å². The van der Waals surface area contributed by atoms with Gasteiger partial charge in [-0.1, -0.05) is 12.1 Å². The maximum atomic E-state index is 11.1. The SMILES string of the molecule is CNCc1ccc(Oc2ncnc(OC)c2[N+](=O)[O-])cc1. The van der Waals surface area contributed by atoms with Gasteiger partial charge in [0.05, 0.1) is 12.0 Å². The lowest BCUT2D eigenvalue weighted by Gasteiger charge is -2.07. The zero-order chi connectivity index (χ0) is 15.2. The standard InChI is InChI=1S/C13H14N4O4/c1-14-7-9-3-5-10(6-4-9)21-13-11(17(18)19)12(20-2)15-8-16-13/h3-6,8,14H,7H2,1-2H3. The molecule has 21 heavy (non-hydrogen) atoms. The number of rotatable bonds is 6. The van der Waals surface area contributed by atoms with E-state index in [-0.39, 0.29) is 11.8 Å². The van der Waals surface area contributed by atoms with Crippen LogP contribution in [0.1, 0.15) is 5.56 Å². The Hall–Kier alpha value is -2.74. The third-order valence-corrected chi connectivity index (χ3v) is 2.65. The second kappa shape index (κ2) is 6.62. The van der Waals surface area contributed by atoms with E-state index in [2.05, 4.69) is 15.3 Å². The molecule has 0 saturated heterocycles. The highest BCUT2D eigenvalue weighted by atomic mass is 16.6. The van der Waals surface area contributed by atoms with Crippen molar-refractivity contribution in [2.24, 2.45) is 0 Å². The van der Waals surface area contributed by atoms with E-state index in [1.165, 1.54) is 7.11 Å². The maximum absolute atomic E-state index is 11.1. The van der Waals surface area contributed by atoms with Gasteiger partial charge in [-0.3, -0.25) is 10.1 Å². The second-order valence-corrected chi connectivity index (χ2v) is 4.07. The number of nitro groups is 1. The van der Waals surface area contributed by atoms with Gasteiger partial charge in [0.1, 0.15) is 12.1 Å². The Balaban J connectivity index is 2.28. The van der Waals surface area contributed by atoms with Crippen LogP contribution in [0.4, 0.5) is 5.69 Å². The summed E-state index contributed by atoms with van der Waals surface area (Å²) in [5.74, 6) is 0.142. The van der Waals surface area contributed by atoms with E-state index >= 15 is 0 Å². The zero-order valence-electron chi connectivity index (χ0n) is 11.6. The third-order valence-electron chi connectivity index (χ3n) is 2.65. The second-order valence-electron chi connectivity index (χ2n) is 4.07. The summed E-state index contributed by atoms with van der Waals surface area (Å²) >= 11 is 0. The summed E-state index contributed by atoms with van der Waals surface area (Å²) in [6, 6.07) is 7.14. The molecule has 0 aliphatic carbocycles. The van der Waals surface area contributed by atoms with Gasteiger partial charge in [0.25, 0.3) is 0 Å². The minimum atomic E-state index is -0.635. The lowest BCUT2D eigenvalue weighted by molar-refractivity contribution is -0.387. The molecule has 1 aromatic carbocycles. The Morgan fingerprint density at radius 3 is 2.48 bits per heavy atom. The van der Waals surface area contributed by atoms with Crippen LogP contribution in [0, 0.1) is 10.1 Å². The number of nitrogens with zero attached hydrogens (tertiary/aromatic N) is 3. The molecule has 0 unspecified atom stereocenters. The van der Waals surface area contributed by atoms with E-state index in [9.17, 15) is 10.1 Å². The monoisotopic (exact) mass is 290 g/mol. The molecule has 2 aromatic rings. The molecule has 0 bridgehead atoms. The first-order valence-corrected chi connectivity index (χ1v) is 6.10. The van der Waals surface area contributed by atoms with Gasteiger partial charge in [0.15, 0.2) is 0 Å². The van der Waals surface area contributed by atoms with E-state index in [0.717, 1.165) is 18.4 Å². The number of hydrogen-bond donors (Lipinski definition) is 1. The quantitative estimate of drug-likeness (QED) is 0.640. The van der Waals surface area contributed by atoms with Crippen LogP contribution in [-0.4, -0.2) is 29.0 Å². The first kappa shape index (κ1) is 14.7. The summed E-state index contributed by atoms with van der Waals surface area (Å²) in [6.07, 6.45) is 1.15. The molecule has 1 aromatic heterocycles. The fraction of sp³-hybridized carbons (Fsp3) is 0.231. The Kier molecular flexibility index (Phi) is 4.62. The Morgan fingerprint density at radius 2 is 1.90 bits per heavy atom. The van der Waals surface area contributed by atoms with Crippen LogP contribution in [0.15, 0.2) is 30.6 Å². The van der Waals surface area contributed by atoms with Gasteiger partial charge in [0, 0.05) is 6.54 Å². The van der Waals surface area contributed by atoms with Gasteiger partial charge in [-0.2, -0.15) is 9.97 Å². The predicted molar refractivity (Wildman–Crippen MR) is 74.5 cm³/mol. The smallest absolute Gasteiger partial charge is 0.392 e. The Labute approximate surface area is 120 Å². The summed E-state index contributed by atoms with van der Waals surface area (Å²) in [7, 11) is 3.15. The van der Waals surface area contributed by atoms with E-state index in [1.54, 1.807) is 12.1 Å². The minimum absolute atomic E-state index is 0.142. The molecule has 0 amide bonds. The molecule has 0 radical (unpaired) electrons. The summed E-state index contributed by atoms with van der Waals surface area (Å²) in [4.78, 5) is 17.9. The van der Waals surface area contributed by atoms with E-state index in [4.69, 9.17) is 9.47 Å². The molecule has 8 heteroatoms. The topological polar surface area (TPSA) is 99.4 Å². The lowest BCUT2D eigenvalue weighted by Crippen LogP contribution is -2.04. The van der Waals surface area contributed by atoms with Crippen LogP contribution in [0.25, 0.3) is 0 Å². The number of benzene rings is 1. The molecule has 0 fully saturated rings. The first-order chi connectivity index (χ1) is 10.2. The average molecular weight is 290 g/mol. The average Bonchev–Trinajstić information content (AvgIpc) is 2.49. The summed E-state index contributed by atoms with van der Waals surface area (Å²) in [6.45, 7) is 0.724. The van der Waals surface area contributed by atoms with Crippen LogP contribution in [0.2, 0.25) is 0 Å². The van der Waals surface area contributed by atoms with Gasteiger partial charge < -0.3 is 14.8 Å². The van der Waals surface area contributed by atoms with Gasteiger partial charge in [0.2, 0.25) is 0 Å². The van der Waals surface area contributed by atoms with Crippen molar-refractivity contribution in [2.75, 3.05) is 14.2 Å². The Morgan fingerprint density at radius 1 is 1.24 bits per heavy atom. The van der Waals surface area contributed by atoms with Crippen molar-refractivity contribution < 1.29 is 14.4 Å². The lowest BCUT2D eigenvalue weighted by atomic mass is 10.2. The van der Waals surface area contributed by atoms with E-state index < -0.39 is 10.6 Å². The molecular formula is C13H14N4O4. The minimum Gasteiger partial charge on any atom is -0.476 e. The molecule has 2 rings (SSSR count).